The van der Waals surface area contributed by atoms with Gasteiger partial charge in [0.1, 0.15) is 6.29 Å². The van der Waals surface area contributed by atoms with Gasteiger partial charge in [0.05, 0.1) is 12.3 Å². The lowest BCUT2D eigenvalue weighted by molar-refractivity contribution is 0.0946. The third-order valence-electron chi connectivity index (χ3n) is 6.36. The number of amides is 1. The van der Waals surface area contributed by atoms with Crippen molar-refractivity contribution in [3.63, 3.8) is 0 Å². The van der Waals surface area contributed by atoms with E-state index in [1.807, 2.05) is 74.2 Å². The van der Waals surface area contributed by atoms with Crippen LogP contribution in [0.2, 0.25) is 0 Å². The van der Waals surface area contributed by atoms with E-state index in [-0.39, 0.29) is 18.0 Å². The smallest absolute Gasteiger partial charge is 0.294 e. The summed E-state index contributed by atoms with van der Waals surface area (Å²) >= 11 is 0. The van der Waals surface area contributed by atoms with E-state index < -0.39 is 0 Å². The molecule has 2 unspecified atom stereocenters. The second-order valence-corrected chi connectivity index (χ2v) is 8.79. The van der Waals surface area contributed by atoms with Crippen LogP contribution in [0.1, 0.15) is 65.3 Å². The molecule has 1 aliphatic rings. The van der Waals surface area contributed by atoms with Gasteiger partial charge in [0.2, 0.25) is 0 Å². The fourth-order valence-corrected chi connectivity index (χ4v) is 4.46. The molecule has 0 fully saturated rings. The van der Waals surface area contributed by atoms with E-state index >= 15 is 0 Å². The second kappa shape index (κ2) is 13.3. The van der Waals surface area contributed by atoms with Crippen molar-refractivity contribution in [2.24, 2.45) is 0 Å². The van der Waals surface area contributed by atoms with Gasteiger partial charge >= 0.3 is 0 Å². The zero-order valence-corrected chi connectivity index (χ0v) is 22.3. The maximum Gasteiger partial charge on any atom is 0.294 e. The Labute approximate surface area is 220 Å². The lowest BCUT2D eigenvalue weighted by atomic mass is 9.90. The van der Waals surface area contributed by atoms with E-state index in [4.69, 9.17) is 4.42 Å². The molecule has 0 radical (unpaired) electrons. The normalized spacial score (nSPS) is 15.8. The summed E-state index contributed by atoms with van der Waals surface area (Å²) in [7, 11) is 2.12. The number of hydrogen-bond donors (Lipinski definition) is 0. The van der Waals surface area contributed by atoms with Crippen molar-refractivity contribution in [3.8, 4) is 0 Å². The highest BCUT2D eigenvalue weighted by atomic mass is 16.3. The SMILES string of the molecule is CC.CC1CC(N(C)c2ccccc2)c2ccccc2N1C(=O)c1ccco1.Cc1ccc(C=O)cc1. The van der Waals surface area contributed by atoms with Crippen molar-refractivity contribution in [3.05, 3.63) is 120 Å². The number of carbonyl (C=O) groups is 2. The highest BCUT2D eigenvalue weighted by Crippen LogP contribution is 2.41. The molecule has 5 heteroatoms. The second-order valence-electron chi connectivity index (χ2n) is 8.79. The zero-order valence-electron chi connectivity index (χ0n) is 22.3. The maximum absolute atomic E-state index is 13.0. The Morgan fingerprint density at radius 2 is 1.57 bits per heavy atom. The molecule has 5 nitrogen and oxygen atoms in total. The minimum Gasteiger partial charge on any atom is -0.459 e. The number of anilines is 2. The Kier molecular flexibility index (Phi) is 9.84. The average Bonchev–Trinajstić information content (AvgIpc) is 3.50. The standard InChI is InChI=1S/C22H22N2O2.C8H8O.C2H6/c1-16-15-20(23(2)17-9-4-3-5-10-17)18-11-6-7-12-19(18)24(16)22(25)21-13-8-14-26-21;1-7-2-4-8(6-9)5-3-7;1-2/h3-14,16,20H,15H2,1-2H3;2-6H,1H3;1-2H3. The molecule has 1 amide bonds. The van der Waals surface area contributed by atoms with Gasteiger partial charge in [0.25, 0.3) is 5.91 Å². The first kappa shape index (κ1) is 27.5. The van der Waals surface area contributed by atoms with Gasteiger partial charge < -0.3 is 14.2 Å². The number of nitrogens with zero attached hydrogens (tertiary/aromatic N) is 2. The molecule has 0 bridgehead atoms. The summed E-state index contributed by atoms with van der Waals surface area (Å²) in [4.78, 5) is 27.3. The quantitative estimate of drug-likeness (QED) is 0.271. The molecule has 0 N–H and O–H groups in total. The molecular formula is C32H36N2O3. The van der Waals surface area contributed by atoms with Crippen molar-refractivity contribution in [1.29, 1.82) is 0 Å². The zero-order chi connectivity index (χ0) is 26.8. The van der Waals surface area contributed by atoms with Crippen molar-refractivity contribution in [1.82, 2.24) is 0 Å². The Balaban J connectivity index is 0.000000291. The van der Waals surface area contributed by atoms with Crippen LogP contribution in [-0.2, 0) is 0 Å². The molecule has 3 aromatic carbocycles. The molecule has 2 heterocycles. The fraction of sp³-hybridized carbons (Fsp3) is 0.250. The van der Waals surface area contributed by atoms with Gasteiger partial charge in [-0.1, -0.05) is 80.1 Å². The van der Waals surface area contributed by atoms with Gasteiger partial charge in [-0.25, -0.2) is 0 Å². The van der Waals surface area contributed by atoms with Crippen molar-refractivity contribution >= 4 is 23.6 Å². The molecule has 0 saturated carbocycles. The summed E-state index contributed by atoms with van der Waals surface area (Å²) in [6.07, 6.45) is 3.24. The van der Waals surface area contributed by atoms with Gasteiger partial charge in [-0.05, 0) is 56.2 Å². The van der Waals surface area contributed by atoms with Crippen LogP contribution < -0.4 is 9.80 Å². The van der Waals surface area contributed by atoms with Crippen molar-refractivity contribution < 1.29 is 14.0 Å². The number of fused-ring (bicyclic) bond motifs is 1. The minimum atomic E-state index is -0.0873. The summed E-state index contributed by atoms with van der Waals surface area (Å²) in [6.45, 7) is 8.09. The highest BCUT2D eigenvalue weighted by molar-refractivity contribution is 6.05. The van der Waals surface area contributed by atoms with Crippen molar-refractivity contribution in [2.45, 2.75) is 46.2 Å². The van der Waals surface area contributed by atoms with Crippen LogP contribution in [0.5, 0.6) is 0 Å². The van der Waals surface area contributed by atoms with Crippen LogP contribution in [0.3, 0.4) is 0 Å². The third kappa shape index (κ3) is 6.56. The van der Waals surface area contributed by atoms with Crippen LogP contribution in [0.25, 0.3) is 0 Å². The molecule has 192 valence electrons. The molecular weight excluding hydrogens is 460 g/mol. The molecule has 4 aromatic rings. The number of benzene rings is 3. The summed E-state index contributed by atoms with van der Waals surface area (Å²) in [5.74, 6) is 0.289. The van der Waals surface area contributed by atoms with Crippen LogP contribution in [-0.4, -0.2) is 25.3 Å². The molecule has 37 heavy (non-hydrogen) atoms. The number of hydrogen-bond acceptors (Lipinski definition) is 4. The van der Waals surface area contributed by atoms with E-state index in [1.165, 1.54) is 11.3 Å². The largest absolute Gasteiger partial charge is 0.459 e. The van der Waals surface area contributed by atoms with Gasteiger partial charge in [-0.3, -0.25) is 9.59 Å². The van der Waals surface area contributed by atoms with E-state index in [9.17, 15) is 9.59 Å². The number of furan rings is 1. The number of para-hydroxylation sites is 2. The van der Waals surface area contributed by atoms with E-state index in [0.29, 0.717) is 5.76 Å². The lowest BCUT2D eigenvalue weighted by Crippen LogP contribution is -2.45. The summed E-state index contributed by atoms with van der Waals surface area (Å²) in [5, 5.41) is 0. The molecule has 0 spiro atoms. The third-order valence-corrected chi connectivity index (χ3v) is 6.36. The minimum absolute atomic E-state index is 0.0682. The number of aldehydes is 1. The predicted octanol–water partition coefficient (Wildman–Crippen LogP) is 7.73. The number of rotatable bonds is 4. The van der Waals surface area contributed by atoms with Crippen LogP contribution in [0, 0.1) is 6.92 Å². The molecule has 0 aliphatic carbocycles. The summed E-state index contributed by atoms with van der Waals surface area (Å²) in [5.41, 5.74) is 5.21. The van der Waals surface area contributed by atoms with E-state index in [2.05, 4.69) is 49.2 Å². The van der Waals surface area contributed by atoms with Gasteiger partial charge in [0.15, 0.2) is 5.76 Å². The van der Waals surface area contributed by atoms with Crippen molar-refractivity contribution in [2.75, 3.05) is 16.8 Å². The van der Waals surface area contributed by atoms with Gasteiger partial charge in [-0.2, -0.15) is 0 Å². The lowest BCUT2D eigenvalue weighted by Gasteiger charge is -2.43. The predicted molar refractivity (Wildman–Crippen MR) is 152 cm³/mol. The van der Waals surface area contributed by atoms with E-state index in [1.54, 1.807) is 18.4 Å². The van der Waals surface area contributed by atoms with Crippen LogP contribution in [0.15, 0.2) is 102 Å². The van der Waals surface area contributed by atoms with Crippen LogP contribution in [0.4, 0.5) is 11.4 Å². The van der Waals surface area contributed by atoms with Gasteiger partial charge in [-0.15, -0.1) is 0 Å². The summed E-state index contributed by atoms with van der Waals surface area (Å²) < 4.78 is 5.35. The maximum atomic E-state index is 13.0. The Hall–Kier alpha value is -4.12. The molecule has 1 aliphatic heterocycles. The summed E-state index contributed by atoms with van der Waals surface area (Å²) in [6, 6.07) is 29.7. The molecule has 2 atom stereocenters. The number of aryl methyl sites for hydroxylation is 1. The fourth-order valence-electron chi connectivity index (χ4n) is 4.46. The highest BCUT2D eigenvalue weighted by Gasteiger charge is 2.36. The molecule has 5 rings (SSSR count). The Bertz CT molecular complexity index is 1250. The first-order valence-electron chi connectivity index (χ1n) is 12.8. The average molecular weight is 497 g/mol. The topological polar surface area (TPSA) is 53.8 Å². The van der Waals surface area contributed by atoms with Crippen LogP contribution >= 0.6 is 0 Å². The van der Waals surface area contributed by atoms with Gasteiger partial charge in [0, 0.05) is 30.0 Å². The Morgan fingerprint density at radius 1 is 0.919 bits per heavy atom. The first-order valence-corrected chi connectivity index (χ1v) is 12.8. The Morgan fingerprint density at radius 3 is 2.19 bits per heavy atom. The first-order chi connectivity index (χ1) is 18.0. The monoisotopic (exact) mass is 496 g/mol. The molecule has 0 saturated heterocycles. The van der Waals surface area contributed by atoms with E-state index in [0.717, 1.165) is 29.5 Å². The number of carbonyl (C=O) groups excluding carboxylic acids is 2. The molecule has 1 aromatic heterocycles.